The normalized spacial score (nSPS) is 24.1. The molecule has 0 aliphatic carbocycles. The number of allylic oxidation sites excluding steroid dienone is 1. The van der Waals surface area contributed by atoms with Crippen molar-refractivity contribution in [2.45, 2.75) is 31.4 Å². The molecule has 3 aliphatic heterocycles. The van der Waals surface area contributed by atoms with Gasteiger partial charge >= 0.3 is 0 Å². The molecule has 188 valence electrons. The Morgan fingerprint density at radius 1 is 1.08 bits per heavy atom. The van der Waals surface area contributed by atoms with Gasteiger partial charge < -0.3 is 14.9 Å². The molecule has 2 saturated heterocycles. The van der Waals surface area contributed by atoms with Crippen LogP contribution in [-0.2, 0) is 4.79 Å². The van der Waals surface area contributed by atoms with Gasteiger partial charge in [-0.3, -0.25) is 9.69 Å². The Balaban J connectivity index is 1.50. The van der Waals surface area contributed by atoms with Gasteiger partial charge in [-0.2, -0.15) is 0 Å². The molecule has 0 radical (unpaired) electrons. The number of rotatable bonds is 3. The third-order valence-electron chi connectivity index (χ3n) is 7.65. The molecular weight excluding hydrogens is 476 g/mol. The van der Waals surface area contributed by atoms with Gasteiger partial charge in [0.25, 0.3) is 11.8 Å². The van der Waals surface area contributed by atoms with Gasteiger partial charge in [0, 0.05) is 49.6 Å². The molecule has 2 unspecified atom stereocenters. The van der Waals surface area contributed by atoms with Crippen LogP contribution >= 0.6 is 0 Å². The standard InChI is InChI=1S/C25H24F4N6O/c1-13-19-22(15-5-7-18(21(27)20(15)26)34-9-8-25(28,29)11-34)35(24(36)23(19)33(3)32(13)2)14-4-6-16-17(10-14)31-12-30-16/h4-7,10,12,22-23H,8-9,11H2,1-3H3,(H,30,31). The fraction of sp³-hybridized carbons (Fsp3) is 0.360. The molecule has 3 aromatic rings. The number of halogens is 4. The number of alkyl halides is 2. The van der Waals surface area contributed by atoms with Crippen LogP contribution in [0.5, 0.6) is 0 Å². The van der Waals surface area contributed by atoms with Gasteiger partial charge in [0.15, 0.2) is 11.6 Å². The van der Waals surface area contributed by atoms with Crippen LogP contribution in [-0.4, -0.2) is 65.0 Å². The molecule has 1 amide bonds. The monoisotopic (exact) mass is 500 g/mol. The zero-order chi connectivity index (χ0) is 25.5. The Hall–Kier alpha value is -3.60. The predicted molar refractivity (Wildman–Crippen MR) is 126 cm³/mol. The predicted octanol–water partition coefficient (Wildman–Crippen LogP) is 4.21. The zero-order valence-corrected chi connectivity index (χ0v) is 19.9. The molecule has 0 spiro atoms. The van der Waals surface area contributed by atoms with E-state index in [0.29, 0.717) is 22.3 Å². The van der Waals surface area contributed by atoms with Crippen molar-refractivity contribution in [2.75, 3.05) is 37.0 Å². The van der Waals surface area contributed by atoms with Gasteiger partial charge in [-0.25, -0.2) is 27.6 Å². The van der Waals surface area contributed by atoms with E-state index in [9.17, 15) is 13.6 Å². The van der Waals surface area contributed by atoms with Crippen LogP contribution in [0.4, 0.5) is 28.9 Å². The smallest absolute Gasteiger partial charge is 0.266 e. The first-order valence-electron chi connectivity index (χ1n) is 11.6. The number of imidazole rings is 1. The molecule has 2 atom stereocenters. The Labute approximate surface area is 204 Å². The molecule has 36 heavy (non-hydrogen) atoms. The van der Waals surface area contributed by atoms with Gasteiger partial charge in [-0.15, -0.1) is 0 Å². The van der Waals surface area contributed by atoms with Crippen molar-refractivity contribution in [3.05, 3.63) is 65.1 Å². The highest BCUT2D eigenvalue weighted by molar-refractivity contribution is 6.05. The molecule has 11 heteroatoms. The van der Waals surface area contributed by atoms with Gasteiger partial charge in [-0.05, 0) is 31.2 Å². The van der Waals surface area contributed by atoms with Crippen molar-refractivity contribution in [3.8, 4) is 0 Å². The second kappa shape index (κ2) is 7.70. The lowest BCUT2D eigenvalue weighted by Gasteiger charge is -2.31. The summed E-state index contributed by atoms with van der Waals surface area (Å²) in [6.45, 7) is 1.11. The number of H-pyrrole nitrogens is 1. The number of hydrogen-bond donors (Lipinski definition) is 1. The van der Waals surface area contributed by atoms with Crippen LogP contribution in [0.25, 0.3) is 11.0 Å². The number of hydrogen-bond acceptors (Lipinski definition) is 5. The zero-order valence-electron chi connectivity index (χ0n) is 19.9. The van der Waals surface area contributed by atoms with Crippen LogP contribution in [0, 0.1) is 11.6 Å². The van der Waals surface area contributed by atoms with E-state index in [0.717, 1.165) is 10.6 Å². The van der Waals surface area contributed by atoms with Crippen molar-refractivity contribution >= 4 is 28.3 Å². The van der Waals surface area contributed by atoms with E-state index in [2.05, 4.69) is 9.97 Å². The van der Waals surface area contributed by atoms with Crippen molar-refractivity contribution in [3.63, 3.8) is 0 Å². The molecule has 2 fully saturated rings. The summed E-state index contributed by atoms with van der Waals surface area (Å²) in [5.41, 5.74) is 3.09. The Bertz CT molecular complexity index is 1440. The number of aromatic amines is 1. The summed E-state index contributed by atoms with van der Waals surface area (Å²) in [7, 11) is 3.57. The topological polar surface area (TPSA) is 58.7 Å². The van der Waals surface area contributed by atoms with Crippen LogP contribution in [0.2, 0.25) is 0 Å². The van der Waals surface area contributed by atoms with Crippen molar-refractivity contribution in [2.24, 2.45) is 0 Å². The van der Waals surface area contributed by atoms with E-state index >= 15 is 8.78 Å². The number of carbonyl (C=O) groups excluding carboxylic acids is 1. The number of aromatic nitrogens is 2. The fourth-order valence-corrected chi connectivity index (χ4v) is 5.64. The number of anilines is 2. The first-order chi connectivity index (χ1) is 17.1. The van der Waals surface area contributed by atoms with Crippen molar-refractivity contribution in [1.82, 2.24) is 20.0 Å². The summed E-state index contributed by atoms with van der Waals surface area (Å²) >= 11 is 0. The van der Waals surface area contributed by atoms with Crippen molar-refractivity contribution < 1.29 is 22.4 Å². The third kappa shape index (κ3) is 3.15. The van der Waals surface area contributed by atoms with E-state index in [4.69, 9.17) is 0 Å². The lowest BCUT2D eigenvalue weighted by molar-refractivity contribution is -0.123. The number of carbonyl (C=O) groups is 1. The average Bonchev–Trinajstić information content (AvgIpc) is 3.57. The highest BCUT2D eigenvalue weighted by atomic mass is 19.3. The van der Waals surface area contributed by atoms with Gasteiger partial charge in [0.1, 0.15) is 6.04 Å². The lowest BCUT2D eigenvalue weighted by atomic mass is 9.95. The maximum Gasteiger partial charge on any atom is 0.266 e. The average molecular weight is 501 g/mol. The maximum atomic E-state index is 15.8. The van der Waals surface area contributed by atoms with Crippen molar-refractivity contribution in [1.29, 1.82) is 0 Å². The summed E-state index contributed by atoms with van der Waals surface area (Å²) in [6, 6.07) is 6.37. The number of amides is 1. The molecule has 0 bridgehead atoms. The molecular formula is C25H24F4N6O. The summed E-state index contributed by atoms with van der Waals surface area (Å²) in [6.07, 6.45) is 1.13. The van der Waals surface area contributed by atoms with E-state index in [1.165, 1.54) is 23.4 Å². The molecule has 7 nitrogen and oxygen atoms in total. The summed E-state index contributed by atoms with van der Waals surface area (Å²) < 4.78 is 58.6. The van der Waals surface area contributed by atoms with Gasteiger partial charge in [-0.1, -0.05) is 6.07 Å². The number of nitrogens with one attached hydrogen (secondary N) is 1. The van der Waals surface area contributed by atoms with E-state index in [1.807, 2.05) is 11.9 Å². The Morgan fingerprint density at radius 2 is 1.86 bits per heavy atom. The first-order valence-corrected chi connectivity index (χ1v) is 11.6. The molecule has 6 rings (SSSR count). The number of fused-ring (bicyclic) bond motifs is 2. The highest BCUT2D eigenvalue weighted by Gasteiger charge is 2.53. The quantitative estimate of drug-likeness (QED) is 0.546. The largest absolute Gasteiger partial charge is 0.363 e. The summed E-state index contributed by atoms with van der Waals surface area (Å²) in [4.78, 5) is 23.6. The van der Waals surface area contributed by atoms with Gasteiger partial charge in [0.05, 0.1) is 35.6 Å². The molecule has 2 aromatic carbocycles. The first kappa shape index (κ1) is 22.8. The molecule has 0 saturated carbocycles. The number of hydrazine groups is 1. The molecule has 3 aliphatic rings. The Morgan fingerprint density at radius 3 is 2.58 bits per heavy atom. The second-order valence-corrected chi connectivity index (χ2v) is 9.58. The number of nitrogens with zero attached hydrogens (tertiary/aromatic N) is 5. The minimum Gasteiger partial charge on any atom is -0.363 e. The van der Waals surface area contributed by atoms with E-state index in [1.54, 1.807) is 37.3 Å². The summed E-state index contributed by atoms with van der Waals surface area (Å²) in [5.74, 6) is -5.56. The highest BCUT2D eigenvalue weighted by Crippen LogP contribution is 2.49. The molecule has 4 heterocycles. The minimum atomic E-state index is -2.95. The maximum absolute atomic E-state index is 15.8. The Kier molecular flexibility index (Phi) is 4.88. The van der Waals surface area contributed by atoms with E-state index in [-0.39, 0.29) is 23.7 Å². The minimum absolute atomic E-state index is 0.0270. The fourth-order valence-electron chi connectivity index (χ4n) is 5.64. The summed E-state index contributed by atoms with van der Waals surface area (Å²) in [5, 5.41) is 3.58. The van der Waals surface area contributed by atoms with Crippen LogP contribution in [0.1, 0.15) is 24.9 Å². The third-order valence-corrected chi connectivity index (χ3v) is 7.65. The molecule has 1 N–H and O–H groups in total. The van der Waals surface area contributed by atoms with Crippen LogP contribution in [0.15, 0.2) is 47.9 Å². The SMILES string of the molecule is CC1=C2C(c3ccc(N4CCC(F)(F)C4)c(F)c3F)N(c3ccc4nc[nH]c4c3)C(=O)C2N(C)N1C. The molecule has 1 aromatic heterocycles. The van der Waals surface area contributed by atoms with E-state index < -0.39 is 42.6 Å². The number of benzene rings is 2. The second-order valence-electron chi connectivity index (χ2n) is 9.58. The lowest BCUT2D eigenvalue weighted by Crippen LogP contribution is -2.43. The van der Waals surface area contributed by atoms with Gasteiger partial charge in [0.2, 0.25) is 0 Å². The van der Waals surface area contributed by atoms with Crippen LogP contribution in [0.3, 0.4) is 0 Å². The number of likely N-dealkylation sites (N-methyl/N-ethyl adjacent to an activating group) is 1. The van der Waals surface area contributed by atoms with Crippen LogP contribution < -0.4 is 9.80 Å².